The van der Waals surface area contributed by atoms with E-state index in [1.165, 1.54) is 5.06 Å². The second-order valence-electron chi connectivity index (χ2n) is 6.52. The molecule has 0 atom stereocenters. The van der Waals surface area contributed by atoms with Gasteiger partial charge in [0.15, 0.2) is 0 Å². The van der Waals surface area contributed by atoms with E-state index in [2.05, 4.69) is 0 Å². The van der Waals surface area contributed by atoms with Crippen molar-refractivity contribution in [3.05, 3.63) is 83.0 Å². The number of benzene rings is 2. The lowest BCUT2D eigenvalue weighted by Gasteiger charge is -2.26. The van der Waals surface area contributed by atoms with Crippen LogP contribution in [0.15, 0.2) is 83.0 Å². The topological polar surface area (TPSA) is 66.8 Å². The lowest BCUT2D eigenvalue weighted by atomic mass is 9.87. The summed E-state index contributed by atoms with van der Waals surface area (Å²) in [5.41, 5.74) is 3.73. The Morgan fingerprint density at radius 1 is 0.815 bits per heavy atom. The lowest BCUT2D eigenvalue weighted by molar-refractivity contribution is -0.139. The first-order chi connectivity index (χ1) is 13.0. The van der Waals surface area contributed by atoms with Crippen LogP contribution in [-0.4, -0.2) is 17.0 Å². The van der Waals surface area contributed by atoms with Gasteiger partial charge in [-0.15, -0.1) is 0 Å². The molecule has 0 unspecified atom stereocenters. The molecule has 1 aliphatic carbocycles. The van der Waals surface area contributed by atoms with Crippen molar-refractivity contribution in [1.29, 1.82) is 0 Å². The monoisotopic (exact) mass is 363 g/mol. The second-order valence-corrected chi connectivity index (χ2v) is 6.52. The zero-order valence-corrected chi connectivity index (χ0v) is 15.3. The van der Waals surface area contributed by atoms with Crippen LogP contribution in [0.5, 0.6) is 0 Å². The molecule has 0 radical (unpaired) electrons. The van der Waals surface area contributed by atoms with E-state index < -0.39 is 11.9 Å². The second kappa shape index (κ2) is 7.91. The van der Waals surface area contributed by atoms with Gasteiger partial charge >= 0.3 is 11.9 Å². The highest BCUT2D eigenvalue weighted by Crippen LogP contribution is 2.32. The summed E-state index contributed by atoms with van der Waals surface area (Å²) < 4.78 is 0. The van der Waals surface area contributed by atoms with Gasteiger partial charge in [-0.25, -0.2) is 9.59 Å². The molecule has 5 nitrogen and oxygen atoms in total. The Kier molecular flexibility index (Phi) is 5.41. The van der Waals surface area contributed by atoms with E-state index in [1.54, 1.807) is 13.8 Å². The molecule has 0 amide bonds. The first-order valence-corrected chi connectivity index (χ1v) is 8.70. The summed E-state index contributed by atoms with van der Waals surface area (Å²) in [6.45, 7) is 3.52. The number of anilines is 2. The summed E-state index contributed by atoms with van der Waals surface area (Å²) >= 11 is 0. The number of allylic oxidation sites excluding steroid dienone is 2. The Labute approximate surface area is 158 Å². The van der Waals surface area contributed by atoms with Crippen molar-refractivity contribution in [2.75, 3.05) is 5.06 Å². The van der Waals surface area contributed by atoms with Gasteiger partial charge in [-0.3, -0.25) is 0 Å². The Bertz CT molecular complexity index is 874. The predicted molar refractivity (Wildman–Crippen MR) is 103 cm³/mol. The number of rotatable bonds is 5. The Morgan fingerprint density at radius 3 is 1.74 bits per heavy atom. The smallest absolute Gasteiger partial charge is 0.359 e. The van der Waals surface area contributed by atoms with Crippen molar-refractivity contribution >= 4 is 23.3 Å². The summed E-state index contributed by atoms with van der Waals surface area (Å²) in [4.78, 5) is 30.0. The van der Waals surface area contributed by atoms with Crippen molar-refractivity contribution in [2.24, 2.45) is 0 Å². The molecule has 2 aromatic carbocycles. The van der Waals surface area contributed by atoms with E-state index >= 15 is 0 Å². The largest absolute Gasteiger partial charge is 0.478 e. The average molecular weight is 363 g/mol. The SMILES string of the molecule is CC1=C(C(=O)O)CC(C)=C(C(=O)ON(c2ccccc2)c2ccccc2)C1. The van der Waals surface area contributed by atoms with Gasteiger partial charge in [0.25, 0.3) is 0 Å². The van der Waals surface area contributed by atoms with Gasteiger partial charge in [0.2, 0.25) is 0 Å². The summed E-state index contributed by atoms with van der Waals surface area (Å²) in [6, 6.07) is 18.7. The quantitative estimate of drug-likeness (QED) is 0.773. The Balaban J connectivity index is 1.88. The molecule has 2 aromatic rings. The van der Waals surface area contributed by atoms with Crippen LogP contribution < -0.4 is 5.06 Å². The van der Waals surface area contributed by atoms with Gasteiger partial charge in [0.05, 0.1) is 11.4 Å². The number of carbonyl (C=O) groups excluding carboxylic acids is 1. The van der Waals surface area contributed by atoms with Crippen LogP contribution in [0.1, 0.15) is 26.7 Å². The van der Waals surface area contributed by atoms with Gasteiger partial charge in [0, 0.05) is 24.0 Å². The minimum Gasteiger partial charge on any atom is -0.478 e. The van der Waals surface area contributed by atoms with Crippen molar-refractivity contribution in [3.8, 4) is 0 Å². The van der Waals surface area contributed by atoms with E-state index in [0.717, 1.165) is 16.9 Å². The van der Waals surface area contributed by atoms with Crippen molar-refractivity contribution in [3.63, 3.8) is 0 Å². The van der Waals surface area contributed by atoms with E-state index in [1.807, 2.05) is 60.7 Å². The van der Waals surface area contributed by atoms with E-state index in [0.29, 0.717) is 16.7 Å². The minimum absolute atomic E-state index is 0.252. The van der Waals surface area contributed by atoms with Gasteiger partial charge < -0.3 is 9.94 Å². The molecule has 0 fully saturated rings. The van der Waals surface area contributed by atoms with Crippen LogP contribution in [0, 0.1) is 0 Å². The third kappa shape index (κ3) is 4.08. The summed E-state index contributed by atoms with van der Waals surface area (Å²) in [5, 5.41) is 10.8. The van der Waals surface area contributed by atoms with Crippen LogP contribution in [0.2, 0.25) is 0 Å². The van der Waals surface area contributed by atoms with Crippen molar-refractivity contribution in [2.45, 2.75) is 26.7 Å². The van der Waals surface area contributed by atoms with Gasteiger partial charge in [-0.1, -0.05) is 47.5 Å². The normalized spacial score (nSPS) is 14.1. The number of carbonyl (C=O) groups is 2. The number of hydrogen-bond acceptors (Lipinski definition) is 4. The zero-order valence-electron chi connectivity index (χ0n) is 15.3. The highest BCUT2D eigenvalue weighted by molar-refractivity contribution is 5.95. The molecule has 1 N–H and O–H groups in total. The maximum Gasteiger partial charge on any atom is 0.359 e. The van der Waals surface area contributed by atoms with Crippen LogP contribution in [-0.2, 0) is 14.4 Å². The average Bonchev–Trinajstić information content (AvgIpc) is 2.68. The number of nitrogens with zero attached hydrogens (tertiary/aromatic N) is 1. The predicted octanol–water partition coefficient (Wildman–Crippen LogP) is 4.79. The van der Waals surface area contributed by atoms with E-state index in [9.17, 15) is 14.7 Å². The molecule has 0 spiro atoms. The minimum atomic E-state index is -0.936. The molecule has 0 aliphatic heterocycles. The first-order valence-electron chi connectivity index (χ1n) is 8.70. The third-order valence-corrected chi connectivity index (χ3v) is 4.57. The van der Waals surface area contributed by atoms with Gasteiger partial charge in [-0.05, 0) is 38.1 Å². The summed E-state index contributed by atoms with van der Waals surface area (Å²) in [6.07, 6.45) is 0.534. The number of carboxylic acids is 1. The van der Waals surface area contributed by atoms with Crippen molar-refractivity contribution < 1.29 is 19.5 Å². The molecule has 5 heteroatoms. The standard InChI is InChI=1S/C22H21NO4/c1-15-14-20(16(2)13-19(15)21(24)25)22(26)27-23(17-9-5-3-6-10-17)18-11-7-4-8-12-18/h3-12H,13-14H2,1-2H3,(H,24,25). The molecule has 0 bridgehead atoms. The Morgan fingerprint density at radius 2 is 1.26 bits per heavy atom. The molecule has 0 saturated carbocycles. The fourth-order valence-corrected chi connectivity index (χ4v) is 3.07. The maximum atomic E-state index is 12.9. The molecular weight excluding hydrogens is 342 g/mol. The highest BCUT2D eigenvalue weighted by atomic mass is 16.7. The number of carboxylic acid groups (broad SMARTS) is 1. The molecule has 138 valence electrons. The van der Waals surface area contributed by atoms with Crippen LogP contribution in [0.25, 0.3) is 0 Å². The molecular formula is C22H21NO4. The lowest BCUT2D eigenvalue weighted by Crippen LogP contribution is -2.25. The van der Waals surface area contributed by atoms with Gasteiger partial charge in [-0.2, -0.15) is 5.06 Å². The molecule has 27 heavy (non-hydrogen) atoms. The molecule has 0 aromatic heterocycles. The third-order valence-electron chi connectivity index (χ3n) is 4.57. The van der Waals surface area contributed by atoms with Crippen LogP contribution in [0.3, 0.4) is 0 Å². The number of hydrogen-bond donors (Lipinski definition) is 1. The number of aliphatic carboxylic acids is 1. The van der Waals surface area contributed by atoms with E-state index in [4.69, 9.17) is 4.84 Å². The zero-order chi connectivity index (χ0) is 19.4. The fraction of sp³-hybridized carbons (Fsp3) is 0.182. The molecule has 1 aliphatic rings. The molecule has 0 heterocycles. The van der Waals surface area contributed by atoms with Crippen molar-refractivity contribution in [1.82, 2.24) is 0 Å². The fourth-order valence-electron chi connectivity index (χ4n) is 3.07. The van der Waals surface area contributed by atoms with Crippen LogP contribution >= 0.6 is 0 Å². The molecule has 3 rings (SSSR count). The summed E-state index contributed by atoms with van der Waals surface area (Å²) in [7, 11) is 0. The van der Waals surface area contributed by atoms with Crippen LogP contribution in [0.4, 0.5) is 11.4 Å². The number of para-hydroxylation sites is 2. The van der Waals surface area contributed by atoms with Gasteiger partial charge in [0.1, 0.15) is 0 Å². The summed E-state index contributed by atoms with van der Waals surface area (Å²) in [5.74, 6) is -1.40. The highest BCUT2D eigenvalue weighted by Gasteiger charge is 2.27. The van der Waals surface area contributed by atoms with E-state index in [-0.39, 0.29) is 12.8 Å². The maximum absolute atomic E-state index is 12.9. The first kappa shape index (κ1) is 18.5. The molecule has 0 saturated heterocycles. The Hall–Kier alpha value is -3.34.